The number of hydrogen-bond donors (Lipinski definition) is 2. The maximum Gasteiger partial charge on any atom is 0.407 e. The van der Waals surface area contributed by atoms with Crippen molar-refractivity contribution in [2.75, 3.05) is 13.2 Å². The van der Waals surface area contributed by atoms with Gasteiger partial charge in [-0.05, 0) is 30.0 Å². The van der Waals surface area contributed by atoms with Crippen LogP contribution >= 0.6 is 15.9 Å². The first-order valence-corrected chi connectivity index (χ1v) is 7.34. The van der Waals surface area contributed by atoms with Crippen LogP contribution in [0.5, 0.6) is 0 Å². The van der Waals surface area contributed by atoms with E-state index in [4.69, 9.17) is 5.11 Å². The molecule has 0 spiro atoms. The van der Waals surface area contributed by atoms with E-state index in [1.807, 2.05) is 6.92 Å². The number of nitrogens with one attached hydrogen (secondary N) is 1. The quantitative estimate of drug-likeness (QED) is 0.774. The summed E-state index contributed by atoms with van der Waals surface area (Å²) in [4.78, 5) is 0. The van der Waals surface area contributed by atoms with E-state index in [0.717, 1.165) is 10.9 Å². The number of aliphatic hydroxyl groups is 1. The molecule has 1 aromatic rings. The van der Waals surface area contributed by atoms with Gasteiger partial charge in [0, 0.05) is 17.6 Å². The van der Waals surface area contributed by atoms with Crippen molar-refractivity contribution >= 4 is 15.9 Å². The molecule has 0 aliphatic carbocycles. The summed E-state index contributed by atoms with van der Waals surface area (Å²) in [5.74, 6) is -0.153. The largest absolute Gasteiger partial charge is 0.407 e. The molecule has 1 rings (SSSR count). The molecule has 0 fully saturated rings. The lowest BCUT2D eigenvalue weighted by atomic mass is 10.0. The minimum atomic E-state index is -4.36. The molecule has 2 nitrogen and oxygen atoms in total. The van der Waals surface area contributed by atoms with Crippen molar-refractivity contribution in [2.24, 2.45) is 5.92 Å². The molecule has 0 bridgehead atoms. The molecule has 0 amide bonds. The van der Waals surface area contributed by atoms with Gasteiger partial charge >= 0.3 is 6.18 Å². The fourth-order valence-corrected chi connectivity index (χ4v) is 2.29. The van der Waals surface area contributed by atoms with Crippen LogP contribution in [-0.2, 0) is 0 Å². The number of halogens is 4. The summed E-state index contributed by atoms with van der Waals surface area (Å²) >= 11 is 3.20. The third-order valence-corrected chi connectivity index (χ3v) is 3.63. The third kappa shape index (κ3) is 5.42. The summed E-state index contributed by atoms with van der Waals surface area (Å²) in [6.07, 6.45) is -2.82. The highest BCUT2D eigenvalue weighted by atomic mass is 79.9. The molecule has 0 saturated carbocycles. The molecule has 2 N–H and O–H groups in total. The Labute approximate surface area is 125 Å². The van der Waals surface area contributed by atoms with Crippen molar-refractivity contribution in [3.8, 4) is 0 Å². The second-order valence-electron chi connectivity index (χ2n) is 4.77. The minimum Gasteiger partial charge on any atom is -0.396 e. The molecule has 1 aromatic carbocycles. The predicted octanol–water partition coefficient (Wildman–Crippen LogP) is 4.05. The summed E-state index contributed by atoms with van der Waals surface area (Å²) in [5, 5.41) is 11.7. The van der Waals surface area contributed by atoms with Crippen LogP contribution in [0, 0.1) is 5.92 Å². The highest BCUT2D eigenvalue weighted by Gasteiger charge is 2.40. The van der Waals surface area contributed by atoms with Crippen molar-refractivity contribution < 1.29 is 18.3 Å². The normalized spacial score (nSPS) is 15.1. The van der Waals surface area contributed by atoms with Crippen molar-refractivity contribution in [1.29, 1.82) is 0 Å². The number of benzene rings is 1. The molecule has 0 aromatic heterocycles. The summed E-state index contributed by atoms with van der Waals surface area (Å²) in [6.45, 7) is 1.98. The molecule has 6 heteroatoms. The fourth-order valence-electron chi connectivity index (χ4n) is 2.03. The van der Waals surface area contributed by atoms with E-state index in [9.17, 15) is 13.2 Å². The Balaban J connectivity index is 2.78. The van der Waals surface area contributed by atoms with Gasteiger partial charge < -0.3 is 10.4 Å². The zero-order valence-corrected chi connectivity index (χ0v) is 12.8. The van der Waals surface area contributed by atoms with Crippen LogP contribution in [0.4, 0.5) is 13.2 Å². The van der Waals surface area contributed by atoms with E-state index in [1.54, 1.807) is 12.1 Å². The molecule has 0 aliphatic rings. The molecule has 0 heterocycles. The summed E-state index contributed by atoms with van der Waals surface area (Å²) in [5.41, 5.74) is 0.175. The molecule has 0 unspecified atom stereocenters. The molecule has 0 aliphatic heterocycles. The first-order chi connectivity index (χ1) is 9.38. The smallest absolute Gasteiger partial charge is 0.396 e. The van der Waals surface area contributed by atoms with Crippen LogP contribution in [0.3, 0.4) is 0 Å². The van der Waals surface area contributed by atoms with E-state index in [-0.39, 0.29) is 24.6 Å². The average molecular weight is 354 g/mol. The van der Waals surface area contributed by atoms with Gasteiger partial charge in [-0.25, -0.2) is 0 Å². The van der Waals surface area contributed by atoms with Crippen molar-refractivity contribution in [1.82, 2.24) is 5.32 Å². The summed E-state index contributed by atoms with van der Waals surface area (Å²) in [6, 6.07) is 4.37. The van der Waals surface area contributed by atoms with Gasteiger partial charge in [0.05, 0.1) is 0 Å². The van der Waals surface area contributed by atoms with Gasteiger partial charge in [0.2, 0.25) is 0 Å². The average Bonchev–Trinajstić information content (AvgIpc) is 2.38. The van der Waals surface area contributed by atoms with Gasteiger partial charge in [-0.15, -0.1) is 0 Å². The van der Waals surface area contributed by atoms with Crippen LogP contribution in [0.15, 0.2) is 28.7 Å². The Morgan fingerprint density at radius 2 is 1.85 bits per heavy atom. The number of hydrogen-bond acceptors (Lipinski definition) is 2. The first kappa shape index (κ1) is 17.5. The highest BCUT2D eigenvalue weighted by Crippen LogP contribution is 2.33. The third-order valence-electron chi connectivity index (χ3n) is 3.10. The second-order valence-corrected chi connectivity index (χ2v) is 5.69. The van der Waals surface area contributed by atoms with Gasteiger partial charge in [-0.2, -0.15) is 13.2 Å². The maximum atomic E-state index is 13.1. The Kier molecular flexibility index (Phi) is 6.99. The van der Waals surface area contributed by atoms with Gasteiger partial charge in [0.15, 0.2) is 0 Å². The highest BCUT2D eigenvalue weighted by molar-refractivity contribution is 9.10. The summed E-state index contributed by atoms with van der Waals surface area (Å²) in [7, 11) is 0. The van der Waals surface area contributed by atoms with Crippen molar-refractivity contribution in [3.63, 3.8) is 0 Å². The lowest BCUT2D eigenvalue weighted by Gasteiger charge is -2.24. The number of aliphatic hydroxyl groups excluding tert-OH is 1. The topological polar surface area (TPSA) is 32.3 Å². The number of rotatable bonds is 7. The summed E-state index contributed by atoms with van der Waals surface area (Å²) < 4.78 is 40.1. The van der Waals surface area contributed by atoms with Gasteiger partial charge in [-0.3, -0.25) is 0 Å². The molecular formula is C14H19BrF3NO. The molecule has 0 saturated heterocycles. The van der Waals surface area contributed by atoms with Gasteiger partial charge in [-0.1, -0.05) is 41.4 Å². The van der Waals surface area contributed by atoms with E-state index >= 15 is 0 Å². The van der Waals surface area contributed by atoms with E-state index in [1.165, 1.54) is 12.1 Å². The standard InChI is InChI=1S/C14H19BrF3NO/c1-2-3-10(9-20)8-19-13(14(16,17)18)11-4-6-12(15)7-5-11/h4-7,10,13,19-20H,2-3,8-9H2,1H3/t10-,13-/m0/s1. The van der Waals surface area contributed by atoms with Crippen LogP contribution in [0.2, 0.25) is 0 Å². The van der Waals surface area contributed by atoms with Crippen LogP contribution in [0.1, 0.15) is 31.4 Å². The maximum absolute atomic E-state index is 13.1. The Morgan fingerprint density at radius 1 is 1.25 bits per heavy atom. The Bertz CT molecular complexity index is 394. The molecular weight excluding hydrogens is 335 g/mol. The van der Waals surface area contributed by atoms with Crippen LogP contribution < -0.4 is 5.32 Å². The SMILES string of the molecule is CCC[C@H](CO)CN[C@@H](c1ccc(Br)cc1)C(F)(F)F. The van der Waals surface area contributed by atoms with E-state index < -0.39 is 12.2 Å². The Hall–Kier alpha value is -0.590. The van der Waals surface area contributed by atoms with Crippen molar-refractivity contribution in [2.45, 2.75) is 32.0 Å². The van der Waals surface area contributed by atoms with Crippen LogP contribution in [-0.4, -0.2) is 24.4 Å². The Morgan fingerprint density at radius 3 is 2.30 bits per heavy atom. The van der Waals surface area contributed by atoms with E-state index in [0.29, 0.717) is 6.42 Å². The predicted molar refractivity (Wildman–Crippen MR) is 76.4 cm³/mol. The molecule has 114 valence electrons. The zero-order chi connectivity index (χ0) is 15.2. The van der Waals surface area contributed by atoms with Crippen LogP contribution in [0.25, 0.3) is 0 Å². The first-order valence-electron chi connectivity index (χ1n) is 6.54. The van der Waals surface area contributed by atoms with Gasteiger partial charge in [0.25, 0.3) is 0 Å². The van der Waals surface area contributed by atoms with E-state index in [2.05, 4.69) is 21.2 Å². The lowest BCUT2D eigenvalue weighted by molar-refractivity contribution is -0.158. The second kappa shape index (κ2) is 8.00. The van der Waals surface area contributed by atoms with Crippen molar-refractivity contribution in [3.05, 3.63) is 34.3 Å². The zero-order valence-electron chi connectivity index (χ0n) is 11.3. The molecule has 0 radical (unpaired) electrons. The molecule has 20 heavy (non-hydrogen) atoms. The fraction of sp³-hybridized carbons (Fsp3) is 0.571. The number of alkyl halides is 3. The van der Waals surface area contributed by atoms with Gasteiger partial charge in [0.1, 0.15) is 6.04 Å². The molecule has 2 atom stereocenters. The monoisotopic (exact) mass is 353 g/mol. The lowest BCUT2D eigenvalue weighted by Crippen LogP contribution is -2.37. The minimum absolute atomic E-state index is 0.105.